The Balaban J connectivity index is 3.44. The molecule has 0 amide bonds. The molecule has 1 aliphatic rings. The normalized spacial score (nSPS) is 28.9. The van der Waals surface area contributed by atoms with Gasteiger partial charge in [-0.3, -0.25) is 20.2 Å². The molecule has 8 heteroatoms. The number of nitrogens with zero attached hydrogens (tertiary/aromatic N) is 2. The zero-order valence-corrected chi connectivity index (χ0v) is 10.1. The molecule has 0 aromatic carbocycles. The van der Waals surface area contributed by atoms with Crippen LogP contribution in [0.3, 0.4) is 0 Å². The van der Waals surface area contributed by atoms with Crippen LogP contribution in [-0.4, -0.2) is 21.8 Å². The topological polar surface area (TPSA) is 112 Å². The summed E-state index contributed by atoms with van der Waals surface area (Å²) >= 11 is 5.74. The Hall–Kier alpha value is -1.47. The van der Waals surface area contributed by atoms with Crippen molar-refractivity contribution >= 4 is 11.6 Å². The molecule has 0 saturated carbocycles. The molecule has 1 rings (SSSR count). The molecule has 0 spiro atoms. The Morgan fingerprint density at radius 2 is 2.00 bits per heavy atom. The van der Waals surface area contributed by atoms with E-state index in [-0.39, 0.29) is 17.3 Å². The molecular weight excluding hydrogens is 250 g/mol. The molecule has 94 valence electrons. The summed E-state index contributed by atoms with van der Waals surface area (Å²) in [5.74, 6) is 0.0141. The lowest BCUT2D eigenvalue weighted by atomic mass is 9.77. The molecule has 0 fully saturated rings. The quantitative estimate of drug-likeness (QED) is 0.467. The van der Waals surface area contributed by atoms with Crippen LogP contribution in [0.5, 0.6) is 0 Å². The highest BCUT2D eigenvalue weighted by Gasteiger charge is 2.45. The van der Waals surface area contributed by atoms with Crippen LogP contribution in [0.1, 0.15) is 13.8 Å². The van der Waals surface area contributed by atoms with Crippen molar-refractivity contribution < 1.29 is 9.85 Å². The van der Waals surface area contributed by atoms with Gasteiger partial charge >= 0.3 is 0 Å². The molecule has 0 aromatic rings. The van der Waals surface area contributed by atoms with Crippen molar-refractivity contribution in [3.8, 4) is 0 Å². The van der Waals surface area contributed by atoms with E-state index >= 15 is 0 Å². The molecule has 2 N–H and O–H groups in total. The average molecular weight is 262 g/mol. The van der Waals surface area contributed by atoms with Crippen LogP contribution in [0.2, 0.25) is 0 Å². The summed E-state index contributed by atoms with van der Waals surface area (Å²) in [5, 5.41) is 21.7. The van der Waals surface area contributed by atoms with Crippen LogP contribution in [-0.2, 0) is 0 Å². The number of alkyl halides is 1. The molecule has 17 heavy (non-hydrogen) atoms. The predicted molar refractivity (Wildman–Crippen MR) is 61.6 cm³/mol. The second-order valence-corrected chi connectivity index (χ2v) is 4.39. The predicted octanol–water partition coefficient (Wildman–Crippen LogP) is 1.28. The Bertz CT molecular complexity index is 446. The van der Waals surface area contributed by atoms with Gasteiger partial charge in [0, 0.05) is 22.9 Å². The van der Waals surface area contributed by atoms with E-state index in [1.807, 2.05) is 0 Å². The van der Waals surface area contributed by atoms with Gasteiger partial charge in [0.05, 0.1) is 9.85 Å². The van der Waals surface area contributed by atoms with E-state index < -0.39 is 21.3 Å². The molecule has 0 aromatic heterocycles. The zero-order chi connectivity index (χ0) is 13.4. The third-order valence-corrected chi connectivity index (χ3v) is 3.56. The molecular formula is C9H12ClN3O4. The van der Waals surface area contributed by atoms with Gasteiger partial charge in [-0.1, -0.05) is 6.92 Å². The average Bonchev–Trinajstić information content (AvgIpc) is 2.23. The second kappa shape index (κ2) is 4.42. The monoisotopic (exact) mass is 261 g/mol. The maximum Gasteiger partial charge on any atom is 0.273 e. The number of nitrogens with two attached hydrogens (primary N) is 1. The highest BCUT2D eigenvalue weighted by Crippen LogP contribution is 2.39. The van der Waals surface area contributed by atoms with Crippen molar-refractivity contribution in [1.82, 2.24) is 0 Å². The van der Waals surface area contributed by atoms with Crippen LogP contribution in [0.4, 0.5) is 0 Å². The maximum atomic E-state index is 10.9. The SMILES string of the molecule is CC1=C([N+](=O)[O-])C(N)C([N+](=O)[O-])=CC1(C)CCl. The Morgan fingerprint density at radius 3 is 2.35 bits per heavy atom. The fourth-order valence-corrected chi connectivity index (χ4v) is 2.02. The highest BCUT2D eigenvalue weighted by molar-refractivity contribution is 6.18. The Kier molecular flexibility index (Phi) is 3.53. The van der Waals surface area contributed by atoms with E-state index in [0.29, 0.717) is 5.57 Å². The summed E-state index contributed by atoms with van der Waals surface area (Å²) in [6.45, 7) is 3.13. The first-order chi connectivity index (χ1) is 7.74. The number of hydrogen-bond donors (Lipinski definition) is 1. The lowest BCUT2D eigenvalue weighted by Gasteiger charge is -2.28. The summed E-state index contributed by atoms with van der Waals surface area (Å²) < 4.78 is 0. The fourth-order valence-electron chi connectivity index (χ4n) is 1.75. The lowest BCUT2D eigenvalue weighted by Crippen LogP contribution is -2.40. The number of halogens is 1. The standard InChI is InChI=1S/C9H12ClN3O4/c1-5-8(13(16)17)7(11)6(12(14)15)3-9(5,2)4-10/h3,7H,4,11H2,1-2H3. The van der Waals surface area contributed by atoms with Gasteiger partial charge in [0.25, 0.3) is 11.4 Å². The van der Waals surface area contributed by atoms with E-state index in [4.69, 9.17) is 17.3 Å². The summed E-state index contributed by atoms with van der Waals surface area (Å²) in [6.07, 6.45) is 1.30. The first-order valence-electron chi connectivity index (χ1n) is 4.79. The molecule has 0 heterocycles. The Labute approximate surface area is 102 Å². The summed E-state index contributed by atoms with van der Waals surface area (Å²) in [4.78, 5) is 20.4. The van der Waals surface area contributed by atoms with Crippen molar-refractivity contribution in [3.05, 3.63) is 43.3 Å². The third kappa shape index (κ3) is 2.16. The van der Waals surface area contributed by atoms with Crippen LogP contribution >= 0.6 is 11.6 Å². The first-order valence-corrected chi connectivity index (χ1v) is 5.32. The van der Waals surface area contributed by atoms with E-state index in [2.05, 4.69) is 0 Å². The first kappa shape index (κ1) is 13.6. The smallest absolute Gasteiger partial charge is 0.273 e. The molecule has 0 radical (unpaired) electrons. The second-order valence-electron chi connectivity index (χ2n) is 4.12. The number of allylic oxidation sites excluding steroid dienone is 2. The molecule has 0 aliphatic heterocycles. The van der Waals surface area contributed by atoms with Gasteiger partial charge in [-0.05, 0) is 6.92 Å². The van der Waals surface area contributed by atoms with Crippen LogP contribution in [0, 0.1) is 25.6 Å². The van der Waals surface area contributed by atoms with Crippen LogP contribution < -0.4 is 5.73 Å². The van der Waals surface area contributed by atoms with Gasteiger partial charge in [0.15, 0.2) is 6.04 Å². The van der Waals surface area contributed by atoms with Crippen LogP contribution in [0.15, 0.2) is 23.0 Å². The highest BCUT2D eigenvalue weighted by atomic mass is 35.5. The molecule has 0 saturated heterocycles. The summed E-state index contributed by atoms with van der Waals surface area (Å²) in [7, 11) is 0. The van der Waals surface area contributed by atoms with Crippen molar-refractivity contribution in [2.24, 2.45) is 11.1 Å². The van der Waals surface area contributed by atoms with Crippen LogP contribution in [0.25, 0.3) is 0 Å². The number of hydrogen-bond acceptors (Lipinski definition) is 5. The van der Waals surface area contributed by atoms with Gasteiger partial charge in [-0.15, -0.1) is 11.6 Å². The minimum atomic E-state index is -1.32. The molecule has 2 atom stereocenters. The van der Waals surface area contributed by atoms with Gasteiger partial charge in [-0.2, -0.15) is 0 Å². The summed E-state index contributed by atoms with van der Waals surface area (Å²) in [6, 6.07) is -1.32. The van der Waals surface area contributed by atoms with E-state index in [0.717, 1.165) is 0 Å². The van der Waals surface area contributed by atoms with Crippen molar-refractivity contribution in [1.29, 1.82) is 0 Å². The van der Waals surface area contributed by atoms with Crippen molar-refractivity contribution in [2.75, 3.05) is 5.88 Å². The van der Waals surface area contributed by atoms with E-state index in [1.165, 1.54) is 13.0 Å². The van der Waals surface area contributed by atoms with E-state index in [1.54, 1.807) is 6.92 Å². The minimum Gasteiger partial charge on any atom is -0.310 e. The molecule has 1 aliphatic carbocycles. The molecule has 0 bridgehead atoms. The van der Waals surface area contributed by atoms with Gasteiger partial charge in [0.2, 0.25) is 0 Å². The largest absolute Gasteiger partial charge is 0.310 e. The minimum absolute atomic E-state index is 0.0141. The third-order valence-electron chi connectivity index (χ3n) is 3.01. The number of rotatable bonds is 3. The fraction of sp³-hybridized carbons (Fsp3) is 0.556. The number of nitro groups is 2. The summed E-state index contributed by atoms with van der Waals surface area (Å²) in [5.41, 5.74) is 4.25. The zero-order valence-electron chi connectivity index (χ0n) is 9.34. The van der Waals surface area contributed by atoms with Gasteiger partial charge in [0.1, 0.15) is 0 Å². The molecule has 2 unspecified atom stereocenters. The lowest BCUT2D eigenvalue weighted by molar-refractivity contribution is -0.455. The van der Waals surface area contributed by atoms with E-state index in [9.17, 15) is 20.2 Å². The van der Waals surface area contributed by atoms with Crippen molar-refractivity contribution in [2.45, 2.75) is 19.9 Å². The van der Waals surface area contributed by atoms with Crippen molar-refractivity contribution in [3.63, 3.8) is 0 Å². The van der Waals surface area contributed by atoms with Gasteiger partial charge in [-0.25, -0.2) is 0 Å². The maximum absolute atomic E-state index is 10.9. The Morgan fingerprint density at radius 1 is 1.47 bits per heavy atom. The molecule has 7 nitrogen and oxygen atoms in total. The van der Waals surface area contributed by atoms with Gasteiger partial charge < -0.3 is 5.73 Å².